The first-order valence-corrected chi connectivity index (χ1v) is 3.97. The van der Waals surface area contributed by atoms with E-state index >= 15 is 0 Å². The van der Waals surface area contributed by atoms with Gasteiger partial charge >= 0.3 is 0 Å². The first kappa shape index (κ1) is 10.7. The fourth-order valence-corrected chi connectivity index (χ4v) is 1.05. The Hall–Kier alpha value is -1.36. The van der Waals surface area contributed by atoms with Crippen LogP contribution in [0.4, 0.5) is 8.78 Å². The monoisotopic (exact) mass is 203 g/mol. The van der Waals surface area contributed by atoms with E-state index in [4.69, 9.17) is 10.5 Å². The number of aromatic hydroxyl groups is 1. The molecule has 1 aromatic rings. The number of benzene rings is 1. The van der Waals surface area contributed by atoms with Crippen LogP contribution >= 0.6 is 0 Å². The molecule has 0 aliphatic heterocycles. The van der Waals surface area contributed by atoms with Crippen LogP contribution in [0.1, 0.15) is 11.6 Å². The molecule has 0 aromatic heterocycles. The van der Waals surface area contributed by atoms with Crippen LogP contribution in [0.15, 0.2) is 18.2 Å². The molecule has 1 rings (SSSR count). The highest BCUT2D eigenvalue weighted by atomic mass is 19.3. The van der Waals surface area contributed by atoms with Crippen molar-refractivity contribution in [3.63, 3.8) is 0 Å². The van der Waals surface area contributed by atoms with E-state index in [-0.39, 0.29) is 17.1 Å². The standard InChI is InChI=1S/C9H11F2NO2/c1-14-7-4-5(2-3-6(7)13)8(12)9(10)11/h2-4,8-9,13H,12H2,1H3. The van der Waals surface area contributed by atoms with Gasteiger partial charge in [0.2, 0.25) is 0 Å². The van der Waals surface area contributed by atoms with E-state index in [0.717, 1.165) is 0 Å². The van der Waals surface area contributed by atoms with Crippen LogP contribution in [0.5, 0.6) is 11.5 Å². The molecule has 0 bridgehead atoms. The van der Waals surface area contributed by atoms with Crippen LogP contribution in [0.3, 0.4) is 0 Å². The Kier molecular flexibility index (Phi) is 3.24. The predicted octanol–water partition coefficient (Wildman–Crippen LogP) is 1.67. The lowest BCUT2D eigenvalue weighted by molar-refractivity contribution is 0.116. The summed E-state index contributed by atoms with van der Waals surface area (Å²) in [4.78, 5) is 0. The number of ether oxygens (including phenoxy) is 1. The van der Waals surface area contributed by atoms with Crippen LogP contribution < -0.4 is 10.5 Å². The van der Waals surface area contributed by atoms with Gasteiger partial charge in [-0.2, -0.15) is 0 Å². The average molecular weight is 203 g/mol. The Morgan fingerprint density at radius 1 is 1.43 bits per heavy atom. The van der Waals surface area contributed by atoms with Gasteiger partial charge in [0.1, 0.15) is 0 Å². The third-order valence-corrected chi connectivity index (χ3v) is 1.86. The number of methoxy groups -OCH3 is 1. The van der Waals surface area contributed by atoms with Crippen LogP contribution in [-0.4, -0.2) is 18.6 Å². The van der Waals surface area contributed by atoms with Gasteiger partial charge < -0.3 is 15.6 Å². The van der Waals surface area contributed by atoms with Gasteiger partial charge in [0.25, 0.3) is 6.43 Å². The molecular weight excluding hydrogens is 192 g/mol. The maximum Gasteiger partial charge on any atom is 0.257 e. The average Bonchev–Trinajstić information content (AvgIpc) is 2.17. The minimum Gasteiger partial charge on any atom is -0.504 e. The van der Waals surface area contributed by atoms with Crippen molar-refractivity contribution < 1.29 is 18.6 Å². The van der Waals surface area contributed by atoms with Crippen molar-refractivity contribution in [1.82, 2.24) is 0 Å². The molecule has 0 radical (unpaired) electrons. The summed E-state index contributed by atoms with van der Waals surface area (Å²) in [5, 5.41) is 9.20. The van der Waals surface area contributed by atoms with Crippen molar-refractivity contribution >= 4 is 0 Å². The third kappa shape index (κ3) is 2.11. The van der Waals surface area contributed by atoms with E-state index in [1.54, 1.807) is 0 Å². The molecule has 78 valence electrons. The molecule has 1 aromatic carbocycles. The summed E-state index contributed by atoms with van der Waals surface area (Å²) >= 11 is 0. The first-order valence-electron chi connectivity index (χ1n) is 3.97. The predicted molar refractivity (Wildman–Crippen MR) is 47.6 cm³/mol. The van der Waals surface area contributed by atoms with Gasteiger partial charge in [-0.15, -0.1) is 0 Å². The van der Waals surface area contributed by atoms with Crippen LogP contribution in [0, 0.1) is 0 Å². The van der Waals surface area contributed by atoms with Crippen molar-refractivity contribution in [2.24, 2.45) is 5.73 Å². The largest absolute Gasteiger partial charge is 0.504 e. The zero-order chi connectivity index (χ0) is 10.7. The highest BCUT2D eigenvalue weighted by Gasteiger charge is 2.18. The Balaban J connectivity index is 3.00. The number of halogens is 2. The molecule has 5 heteroatoms. The highest BCUT2D eigenvalue weighted by Crippen LogP contribution is 2.29. The number of hydrogen-bond donors (Lipinski definition) is 2. The molecule has 0 saturated heterocycles. The minimum absolute atomic E-state index is 0.0993. The van der Waals surface area contributed by atoms with Gasteiger partial charge in [-0.3, -0.25) is 0 Å². The smallest absolute Gasteiger partial charge is 0.257 e. The van der Waals surface area contributed by atoms with Gasteiger partial charge in [-0.25, -0.2) is 8.78 Å². The Bertz CT molecular complexity index is 318. The second kappa shape index (κ2) is 4.23. The van der Waals surface area contributed by atoms with Crippen molar-refractivity contribution in [2.45, 2.75) is 12.5 Å². The van der Waals surface area contributed by atoms with E-state index in [0.29, 0.717) is 0 Å². The van der Waals surface area contributed by atoms with Crippen LogP contribution in [0.25, 0.3) is 0 Å². The molecule has 0 aliphatic rings. The first-order chi connectivity index (χ1) is 6.56. The molecule has 1 unspecified atom stereocenters. The molecule has 1 atom stereocenters. The highest BCUT2D eigenvalue weighted by molar-refractivity contribution is 5.42. The maximum atomic E-state index is 12.2. The third-order valence-electron chi connectivity index (χ3n) is 1.86. The summed E-state index contributed by atoms with van der Waals surface area (Å²) in [7, 11) is 1.34. The zero-order valence-electron chi connectivity index (χ0n) is 7.58. The molecule has 0 heterocycles. The van der Waals surface area contributed by atoms with Gasteiger partial charge in [0.15, 0.2) is 11.5 Å². The van der Waals surface area contributed by atoms with Gasteiger partial charge in [-0.1, -0.05) is 6.07 Å². The molecule has 3 N–H and O–H groups in total. The van der Waals surface area contributed by atoms with E-state index in [1.165, 1.54) is 25.3 Å². The van der Waals surface area contributed by atoms with Crippen molar-refractivity contribution in [3.05, 3.63) is 23.8 Å². The summed E-state index contributed by atoms with van der Waals surface area (Å²) in [6, 6.07) is 2.56. The second-order valence-electron chi connectivity index (χ2n) is 2.79. The minimum atomic E-state index is -2.63. The number of nitrogens with two attached hydrogens (primary N) is 1. The van der Waals surface area contributed by atoms with Gasteiger partial charge in [0, 0.05) is 0 Å². The van der Waals surface area contributed by atoms with Gasteiger partial charge in [-0.05, 0) is 17.7 Å². The van der Waals surface area contributed by atoms with Crippen molar-refractivity contribution in [2.75, 3.05) is 7.11 Å². The molecule has 0 amide bonds. The van der Waals surface area contributed by atoms with Gasteiger partial charge in [0.05, 0.1) is 13.2 Å². The molecule has 0 aliphatic carbocycles. The number of rotatable bonds is 3. The Morgan fingerprint density at radius 2 is 2.07 bits per heavy atom. The molecule has 14 heavy (non-hydrogen) atoms. The van der Waals surface area contributed by atoms with E-state index in [1.807, 2.05) is 0 Å². The fraction of sp³-hybridized carbons (Fsp3) is 0.333. The lowest BCUT2D eigenvalue weighted by atomic mass is 10.1. The lowest BCUT2D eigenvalue weighted by Crippen LogP contribution is -2.18. The number of phenolic OH excluding ortho intramolecular Hbond substituents is 1. The Morgan fingerprint density at radius 3 is 2.57 bits per heavy atom. The van der Waals surface area contributed by atoms with E-state index in [9.17, 15) is 13.9 Å². The van der Waals surface area contributed by atoms with E-state index < -0.39 is 12.5 Å². The molecule has 3 nitrogen and oxygen atoms in total. The quantitative estimate of drug-likeness (QED) is 0.785. The summed E-state index contributed by atoms with van der Waals surface area (Å²) in [6.45, 7) is 0. The fourth-order valence-electron chi connectivity index (χ4n) is 1.05. The van der Waals surface area contributed by atoms with Crippen LogP contribution in [-0.2, 0) is 0 Å². The molecule has 0 saturated carbocycles. The molecular formula is C9H11F2NO2. The topological polar surface area (TPSA) is 55.5 Å². The number of alkyl halides is 2. The number of phenols is 1. The Labute approximate surface area is 80.1 Å². The zero-order valence-corrected chi connectivity index (χ0v) is 7.58. The van der Waals surface area contributed by atoms with Crippen molar-refractivity contribution in [1.29, 1.82) is 0 Å². The molecule has 0 spiro atoms. The summed E-state index contributed by atoms with van der Waals surface area (Å²) < 4.78 is 29.2. The van der Waals surface area contributed by atoms with Crippen LogP contribution in [0.2, 0.25) is 0 Å². The summed E-state index contributed by atoms with van der Waals surface area (Å²) in [5.41, 5.74) is 5.46. The molecule has 0 fully saturated rings. The number of hydrogen-bond acceptors (Lipinski definition) is 3. The summed E-state index contributed by atoms with van der Waals surface area (Å²) in [6.07, 6.45) is -2.63. The summed E-state index contributed by atoms with van der Waals surface area (Å²) in [5.74, 6) is 0.0383. The normalized spacial score (nSPS) is 12.9. The van der Waals surface area contributed by atoms with E-state index in [2.05, 4.69) is 0 Å². The van der Waals surface area contributed by atoms with Crippen molar-refractivity contribution in [3.8, 4) is 11.5 Å². The SMILES string of the molecule is COc1cc(C(N)C(F)F)ccc1O. The maximum absolute atomic E-state index is 12.2. The second-order valence-corrected chi connectivity index (χ2v) is 2.79. The lowest BCUT2D eigenvalue weighted by Gasteiger charge is -2.12.